The number of benzene rings is 4. The first-order valence-corrected chi connectivity index (χ1v) is 11.0. The monoisotopic (exact) mass is 454 g/mol. The van der Waals surface area contributed by atoms with Gasteiger partial charge in [-0.05, 0) is 58.7 Å². The van der Waals surface area contributed by atoms with E-state index in [1.807, 2.05) is 12.1 Å². The highest BCUT2D eigenvalue weighted by atomic mass is 16.3. The molecule has 170 valence electrons. The maximum Gasteiger partial charge on any atom is 0.123 e. The van der Waals surface area contributed by atoms with Crippen molar-refractivity contribution in [3.8, 4) is 34.5 Å². The van der Waals surface area contributed by atoms with Crippen LogP contribution in [0, 0.1) is 0 Å². The van der Waals surface area contributed by atoms with E-state index in [0.29, 0.717) is 16.7 Å². The molecule has 4 aromatic carbocycles. The minimum Gasteiger partial charge on any atom is -0.508 e. The molecular formula is C28H22O6. The van der Waals surface area contributed by atoms with Crippen molar-refractivity contribution in [1.82, 2.24) is 0 Å². The van der Waals surface area contributed by atoms with Crippen molar-refractivity contribution in [2.24, 2.45) is 0 Å². The molecule has 6 nitrogen and oxygen atoms in total. The van der Waals surface area contributed by atoms with Gasteiger partial charge in [0.05, 0.1) is 0 Å². The second-order valence-corrected chi connectivity index (χ2v) is 9.13. The Bertz CT molecular complexity index is 1430. The molecule has 6 N–H and O–H groups in total. The van der Waals surface area contributed by atoms with Gasteiger partial charge in [0.15, 0.2) is 0 Å². The van der Waals surface area contributed by atoms with Gasteiger partial charge in [0, 0.05) is 46.9 Å². The van der Waals surface area contributed by atoms with Crippen LogP contribution in [0.15, 0.2) is 72.8 Å². The fourth-order valence-electron chi connectivity index (χ4n) is 6.15. The van der Waals surface area contributed by atoms with Crippen molar-refractivity contribution >= 4 is 0 Å². The summed E-state index contributed by atoms with van der Waals surface area (Å²) in [5.74, 6) is -1.29. The first-order chi connectivity index (χ1) is 16.3. The van der Waals surface area contributed by atoms with Crippen LogP contribution in [-0.2, 0) is 0 Å². The molecule has 0 aliphatic heterocycles. The summed E-state index contributed by atoms with van der Waals surface area (Å²) in [5.41, 5.74) is 4.48. The molecule has 0 fully saturated rings. The molecule has 0 spiro atoms. The lowest BCUT2D eigenvalue weighted by Crippen LogP contribution is -2.26. The molecular weight excluding hydrogens is 432 g/mol. The number of aromatic hydroxyl groups is 6. The Morgan fingerprint density at radius 2 is 0.882 bits per heavy atom. The molecule has 6 rings (SSSR count). The Morgan fingerprint density at radius 3 is 1.44 bits per heavy atom. The van der Waals surface area contributed by atoms with Gasteiger partial charge in [-0.25, -0.2) is 0 Å². The third kappa shape index (κ3) is 2.81. The van der Waals surface area contributed by atoms with Crippen molar-refractivity contribution in [2.75, 3.05) is 0 Å². The maximum atomic E-state index is 11.0. The number of fused-ring (bicyclic) bond motifs is 7. The zero-order valence-electron chi connectivity index (χ0n) is 17.9. The number of hydrogen-bond donors (Lipinski definition) is 6. The van der Waals surface area contributed by atoms with Crippen molar-refractivity contribution < 1.29 is 30.6 Å². The van der Waals surface area contributed by atoms with Gasteiger partial charge in [0.25, 0.3) is 0 Å². The summed E-state index contributed by atoms with van der Waals surface area (Å²) >= 11 is 0. The Balaban J connectivity index is 1.72. The van der Waals surface area contributed by atoms with E-state index < -0.39 is 11.8 Å². The first-order valence-electron chi connectivity index (χ1n) is 11.0. The van der Waals surface area contributed by atoms with Crippen molar-refractivity contribution in [3.63, 3.8) is 0 Å². The van der Waals surface area contributed by atoms with Crippen LogP contribution in [0.2, 0.25) is 0 Å². The van der Waals surface area contributed by atoms with Gasteiger partial charge in [-0.15, -0.1) is 0 Å². The van der Waals surface area contributed by atoms with Crippen LogP contribution in [0.4, 0.5) is 0 Å². The van der Waals surface area contributed by atoms with E-state index in [9.17, 15) is 30.6 Å². The predicted octanol–water partition coefficient (Wildman–Crippen LogP) is 5.08. The molecule has 0 saturated heterocycles. The summed E-state index contributed by atoms with van der Waals surface area (Å²) in [6.45, 7) is 0. The zero-order chi connectivity index (χ0) is 23.7. The molecule has 2 aliphatic rings. The van der Waals surface area contributed by atoms with Crippen molar-refractivity contribution in [2.45, 2.75) is 23.7 Å². The van der Waals surface area contributed by atoms with Crippen LogP contribution in [0.1, 0.15) is 57.1 Å². The fourth-order valence-corrected chi connectivity index (χ4v) is 6.15. The molecule has 2 aliphatic carbocycles. The summed E-state index contributed by atoms with van der Waals surface area (Å²) in [5, 5.41) is 62.6. The van der Waals surface area contributed by atoms with Crippen LogP contribution < -0.4 is 0 Å². The zero-order valence-corrected chi connectivity index (χ0v) is 17.9. The lowest BCUT2D eigenvalue weighted by molar-refractivity contribution is 0.406. The number of phenolic OH excluding ortho intramolecular Hbond substituents is 6. The molecule has 0 heterocycles. The Labute approximate surface area is 195 Å². The summed E-state index contributed by atoms with van der Waals surface area (Å²) in [6, 6.07) is 19.6. The van der Waals surface area contributed by atoms with Gasteiger partial charge >= 0.3 is 0 Å². The third-order valence-electron chi connectivity index (χ3n) is 7.30. The van der Waals surface area contributed by atoms with E-state index >= 15 is 0 Å². The molecule has 34 heavy (non-hydrogen) atoms. The highest BCUT2D eigenvalue weighted by molar-refractivity contribution is 5.68. The number of phenols is 6. The van der Waals surface area contributed by atoms with Crippen LogP contribution in [0.3, 0.4) is 0 Å². The average molecular weight is 454 g/mol. The van der Waals surface area contributed by atoms with Crippen LogP contribution in [0.5, 0.6) is 34.5 Å². The lowest BCUT2D eigenvalue weighted by atomic mass is 9.63. The SMILES string of the molecule is Oc1ccc([C@@H]2c3c(O)cc(O)cc3[C@H]3c4c(O)cc(O)cc4[C@H]2[C@@H]3c2ccc(O)cc2)cc1. The Morgan fingerprint density at radius 1 is 0.412 bits per heavy atom. The van der Waals surface area contributed by atoms with Gasteiger partial charge < -0.3 is 30.6 Å². The minimum absolute atomic E-state index is 0.0496. The van der Waals surface area contributed by atoms with Gasteiger partial charge in [-0.2, -0.15) is 0 Å². The van der Waals surface area contributed by atoms with Crippen LogP contribution in [0.25, 0.3) is 0 Å². The molecule has 0 unspecified atom stereocenters. The molecule has 4 atom stereocenters. The van der Waals surface area contributed by atoms with E-state index in [0.717, 1.165) is 16.7 Å². The second-order valence-electron chi connectivity index (χ2n) is 9.13. The summed E-state index contributed by atoms with van der Waals surface area (Å²) in [4.78, 5) is 0. The predicted molar refractivity (Wildman–Crippen MR) is 125 cm³/mol. The summed E-state index contributed by atoms with van der Waals surface area (Å²) in [6.07, 6.45) is 0. The Hall–Kier alpha value is -4.32. The Kier molecular flexibility index (Phi) is 4.23. The number of rotatable bonds is 2. The van der Waals surface area contributed by atoms with Crippen molar-refractivity contribution in [3.05, 3.63) is 106 Å². The van der Waals surface area contributed by atoms with Crippen LogP contribution in [-0.4, -0.2) is 30.6 Å². The minimum atomic E-state index is -0.397. The van der Waals surface area contributed by atoms with E-state index in [1.165, 1.54) is 12.1 Å². The van der Waals surface area contributed by atoms with E-state index in [-0.39, 0.29) is 46.3 Å². The smallest absolute Gasteiger partial charge is 0.123 e. The van der Waals surface area contributed by atoms with E-state index in [4.69, 9.17) is 0 Å². The molecule has 2 bridgehead atoms. The maximum absolute atomic E-state index is 11.0. The summed E-state index contributed by atoms with van der Waals surface area (Å²) < 4.78 is 0. The quantitative estimate of drug-likeness (QED) is 0.251. The third-order valence-corrected chi connectivity index (χ3v) is 7.30. The number of hydrogen-bond acceptors (Lipinski definition) is 6. The highest BCUT2D eigenvalue weighted by Crippen LogP contribution is 2.68. The standard InChI is InChI=1S/C28H22O6/c29-15-5-1-13(2-6-15)23-25-19(9-17(31)11-21(25)33)28-24(14-3-7-16(30)8-4-14)27(23)20-10-18(32)12-22(34)26(20)28/h1-12,23-24,27-34H/t23-,24+,27-,28-/m1/s1. The van der Waals surface area contributed by atoms with Gasteiger partial charge in [-0.1, -0.05) is 24.3 Å². The van der Waals surface area contributed by atoms with Gasteiger partial charge in [-0.3, -0.25) is 0 Å². The van der Waals surface area contributed by atoms with E-state index in [1.54, 1.807) is 48.5 Å². The van der Waals surface area contributed by atoms with E-state index in [2.05, 4.69) is 0 Å². The second kappa shape index (κ2) is 7.09. The molecule has 0 radical (unpaired) electrons. The van der Waals surface area contributed by atoms with Gasteiger partial charge in [0.1, 0.15) is 34.5 Å². The summed E-state index contributed by atoms with van der Waals surface area (Å²) in [7, 11) is 0. The first kappa shape index (κ1) is 20.3. The largest absolute Gasteiger partial charge is 0.508 e. The average Bonchev–Trinajstić information content (AvgIpc) is 3.05. The molecule has 0 saturated carbocycles. The lowest BCUT2D eigenvalue weighted by Gasteiger charge is -2.40. The highest BCUT2D eigenvalue weighted by Gasteiger charge is 2.53. The van der Waals surface area contributed by atoms with Crippen LogP contribution >= 0.6 is 0 Å². The molecule has 0 amide bonds. The molecule has 4 aromatic rings. The van der Waals surface area contributed by atoms with Crippen molar-refractivity contribution in [1.29, 1.82) is 0 Å². The van der Waals surface area contributed by atoms with Gasteiger partial charge in [0.2, 0.25) is 0 Å². The fraction of sp³-hybridized carbons (Fsp3) is 0.143. The topological polar surface area (TPSA) is 121 Å². The molecule has 6 heteroatoms. The molecule has 0 aromatic heterocycles. The normalized spacial score (nSPS) is 22.2.